The lowest BCUT2D eigenvalue weighted by Gasteiger charge is -2.19. The highest BCUT2D eigenvalue weighted by Crippen LogP contribution is 2.28. The van der Waals surface area contributed by atoms with E-state index in [2.05, 4.69) is 33.0 Å². The second-order valence-electron chi connectivity index (χ2n) is 5.87. The van der Waals surface area contributed by atoms with Crippen LogP contribution in [-0.2, 0) is 9.47 Å². The molecule has 1 N–H and O–H groups in total. The summed E-state index contributed by atoms with van der Waals surface area (Å²) in [6.45, 7) is 11.5. The number of ether oxygens (including phenoxy) is 2. The van der Waals surface area contributed by atoms with E-state index >= 15 is 0 Å². The molecule has 1 rings (SSSR count). The van der Waals surface area contributed by atoms with Gasteiger partial charge in [-0.05, 0) is 59.9 Å². The molecule has 1 aliphatic heterocycles. The third-order valence-electron chi connectivity index (χ3n) is 3.13. The van der Waals surface area contributed by atoms with Crippen LogP contribution in [0.1, 0.15) is 53.4 Å². The fraction of sp³-hybridized carbons (Fsp3) is 1.00. The van der Waals surface area contributed by atoms with Crippen LogP contribution in [0.25, 0.3) is 0 Å². The molecule has 0 aromatic heterocycles. The van der Waals surface area contributed by atoms with E-state index in [4.69, 9.17) is 9.47 Å². The van der Waals surface area contributed by atoms with Crippen LogP contribution in [0.3, 0.4) is 0 Å². The normalized spacial score (nSPS) is 23.5. The van der Waals surface area contributed by atoms with Crippen LogP contribution in [0, 0.1) is 0 Å². The van der Waals surface area contributed by atoms with E-state index in [1.165, 1.54) is 19.3 Å². The van der Waals surface area contributed by atoms with Gasteiger partial charge < -0.3 is 14.8 Å². The molecule has 0 aromatic rings. The summed E-state index contributed by atoms with van der Waals surface area (Å²) in [6.07, 6.45) is 5.47. The maximum atomic E-state index is 5.92. The van der Waals surface area contributed by atoms with Crippen LogP contribution in [0.4, 0.5) is 0 Å². The molecule has 17 heavy (non-hydrogen) atoms. The molecule has 0 saturated carbocycles. The van der Waals surface area contributed by atoms with Crippen LogP contribution in [0.2, 0.25) is 0 Å². The van der Waals surface area contributed by atoms with Crippen molar-refractivity contribution in [2.45, 2.75) is 71.2 Å². The smallest absolute Gasteiger partial charge is 0.0707 e. The zero-order valence-electron chi connectivity index (χ0n) is 11.9. The lowest BCUT2D eigenvalue weighted by molar-refractivity contribution is -0.0141. The molecule has 0 spiro atoms. The molecular weight excluding hydrogens is 214 g/mol. The highest BCUT2D eigenvalue weighted by atomic mass is 16.5. The van der Waals surface area contributed by atoms with Gasteiger partial charge in [-0.3, -0.25) is 0 Å². The van der Waals surface area contributed by atoms with E-state index in [0.717, 1.165) is 26.1 Å². The van der Waals surface area contributed by atoms with Crippen LogP contribution in [0.15, 0.2) is 0 Å². The molecule has 3 heteroatoms. The zero-order chi connectivity index (χ0) is 12.7. The molecule has 1 heterocycles. The first-order valence-electron chi connectivity index (χ1n) is 7.00. The number of nitrogens with one attached hydrogen (secondary N) is 1. The minimum Gasteiger partial charge on any atom is -0.379 e. The first-order chi connectivity index (χ1) is 7.99. The molecule has 1 saturated heterocycles. The van der Waals surface area contributed by atoms with E-state index in [9.17, 15) is 0 Å². The average molecular weight is 243 g/mol. The molecule has 1 aliphatic rings. The van der Waals surface area contributed by atoms with Crippen LogP contribution < -0.4 is 5.32 Å². The Morgan fingerprint density at radius 1 is 1.35 bits per heavy atom. The van der Waals surface area contributed by atoms with Gasteiger partial charge in [0, 0.05) is 13.2 Å². The predicted octanol–water partition coefficient (Wildman–Crippen LogP) is 2.74. The van der Waals surface area contributed by atoms with Crippen molar-refractivity contribution >= 4 is 0 Å². The van der Waals surface area contributed by atoms with Gasteiger partial charge in [-0.2, -0.15) is 0 Å². The molecular formula is C14H29NO2. The Kier molecular flexibility index (Phi) is 6.45. The fourth-order valence-electron chi connectivity index (χ4n) is 2.16. The summed E-state index contributed by atoms with van der Waals surface area (Å²) in [4.78, 5) is 0. The summed E-state index contributed by atoms with van der Waals surface area (Å²) in [6, 6.07) is 0. The zero-order valence-corrected chi connectivity index (χ0v) is 11.9. The number of hydrogen-bond acceptors (Lipinski definition) is 3. The van der Waals surface area contributed by atoms with Gasteiger partial charge in [0.15, 0.2) is 0 Å². The Bertz CT molecular complexity index is 204. The molecule has 0 radical (unpaired) electrons. The quantitative estimate of drug-likeness (QED) is 0.665. The summed E-state index contributed by atoms with van der Waals surface area (Å²) < 4.78 is 11.4. The van der Waals surface area contributed by atoms with E-state index in [1.54, 1.807) is 0 Å². The van der Waals surface area contributed by atoms with Crippen LogP contribution in [-0.4, -0.2) is 37.5 Å². The molecule has 1 fully saturated rings. The Morgan fingerprint density at radius 3 is 2.71 bits per heavy atom. The van der Waals surface area contributed by atoms with Crippen molar-refractivity contribution in [2.24, 2.45) is 0 Å². The van der Waals surface area contributed by atoms with Crippen molar-refractivity contribution in [3.8, 4) is 0 Å². The van der Waals surface area contributed by atoms with Crippen molar-refractivity contribution in [1.29, 1.82) is 0 Å². The Labute approximate surface area is 106 Å². The summed E-state index contributed by atoms with van der Waals surface area (Å²) in [7, 11) is 0. The molecule has 3 nitrogen and oxygen atoms in total. The number of hydrogen-bond donors (Lipinski definition) is 1. The van der Waals surface area contributed by atoms with E-state index < -0.39 is 0 Å². The Morgan fingerprint density at radius 2 is 2.12 bits per heavy atom. The Balaban J connectivity index is 1.88. The van der Waals surface area contributed by atoms with Crippen molar-refractivity contribution < 1.29 is 9.47 Å². The summed E-state index contributed by atoms with van der Waals surface area (Å²) in [5, 5.41) is 3.47. The maximum absolute atomic E-state index is 5.92. The van der Waals surface area contributed by atoms with Gasteiger partial charge in [-0.15, -0.1) is 0 Å². The molecule has 1 unspecified atom stereocenters. The van der Waals surface area contributed by atoms with Crippen molar-refractivity contribution in [2.75, 3.05) is 19.7 Å². The third kappa shape index (κ3) is 7.02. The molecule has 0 bridgehead atoms. The second-order valence-corrected chi connectivity index (χ2v) is 5.87. The molecule has 0 amide bonds. The van der Waals surface area contributed by atoms with Gasteiger partial charge in [0.25, 0.3) is 0 Å². The highest BCUT2D eigenvalue weighted by molar-refractivity contribution is 4.81. The first kappa shape index (κ1) is 14.9. The predicted molar refractivity (Wildman–Crippen MR) is 71.4 cm³/mol. The standard InChI is InChI=1S/C14H29NO2/c1-12(2)16-10-6-5-9-15-11-13-7-8-14(3,4)17-13/h12-13,15H,5-11H2,1-4H3. The summed E-state index contributed by atoms with van der Waals surface area (Å²) in [5.74, 6) is 0. The van der Waals surface area contributed by atoms with Crippen molar-refractivity contribution in [3.05, 3.63) is 0 Å². The largest absolute Gasteiger partial charge is 0.379 e. The van der Waals surface area contributed by atoms with E-state index in [-0.39, 0.29) is 5.60 Å². The topological polar surface area (TPSA) is 30.5 Å². The minimum atomic E-state index is 0.0947. The highest BCUT2D eigenvalue weighted by Gasteiger charge is 2.30. The van der Waals surface area contributed by atoms with Crippen molar-refractivity contribution in [3.63, 3.8) is 0 Å². The third-order valence-corrected chi connectivity index (χ3v) is 3.13. The number of unbranched alkanes of at least 4 members (excludes halogenated alkanes) is 1. The molecule has 0 aromatic carbocycles. The SMILES string of the molecule is CC(C)OCCCCNCC1CCC(C)(C)O1. The van der Waals surface area contributed by atoms with Gasteiger partial charge in [0.05, 0.1) is 17.8 Å². The average Bonchev–Trinajstić information content (AvgIpc) is 2.56. The van der Waals surface area contributed by atoms with Gasteiger partial charge in [-0.25, -0.2) is 0 Å². The van der Waals surface area contributed by atoms with Crippen LogP contribution >= 0.6 is 0 Å². The first-order valence-corrected chi connectivity index (χ1v) is 7.00. The van der Waals surface area contributed by atoms with Gasteiger partial charge >= 0.3 is 0 Å². The van der Waals surface area contributed by atoms with Gasteiger partial charge in [-0.1, -0.05) is 0 Å². The number of rotatable bonds is 8. The maximum Gasteiger partial charge on any atom is 0.0707 e. The van der Waals surface area contributed by atoms with Crippen LogP contribution in [0.5, 0.6) is 0 Å². The lowest BCUT2D eigenvalue weighted by Crippen LogP contribution is -2.30. The molecule has 0 aliphatic carbocycles. The minimum absolute atomic E-state index is 0.0947. The van der Waals surface area contributed by atoms with Gasteiger partial charge in [0.1, 0.15) is 0 Å². The monoisotopic (exact) mass is 243 g/mol. The lowest BCUT2D eigenvalue weighted by atomic mass is 10.1. The van der Waals surface area contributed by atoms with Crippen molar-refractivity contribution in [1.82, 2.24) is 5.32 Å². The second kappa shape index (κ2) is 7.34. The van der Waals surface area contributed by atoms with E-state index in [1.807, 2.05) is 0 Å². The Hall–Kier alpha value is -0.120. The molecule has 1 atom stereocenters. The summed E-state index contributed by atoms with van der Waals surface area (Å²) >= 11 is 0. The fourth-order valence-corrected chi connectivity index (χ4v) is 2.16. The van der Waals surface area contributed by atoms with E-state index in [0.29, 0.717) is 12.2 Å². The molecule has 102 valence electrons. The van der Waals surface area contributed by atoms with Gasteiger partial charge in [0.2, 0.25) is 0 Å². The summed E-state index contributed by atoms with van der Waals surface area (Å²) in [5.41, 5.74) is 0.0947.